The fraction of sp³-hybridized carbons (Fsp3) is 0.125. The first kappa shape index (κ1) is 18.8. The summed E-state index contributed by atoms with van der Waals surface area (Å²) >= 11 is 1.53. The molecule has 0 aliphatic rings. The van der Waals surface area contributed by atoms with Crippen LogP contribution >= 0.6 is 11.3 Å². The largest absolute Gasteiger partial charge is 0.452 e. The smallest absolute Gasteiger partial charge is 0.331 e. The van der Waals surface area contributed by atoms with Gasteiger partial charge in [-0.05, 0) is 43.3 Å². The van der Waals surface area contributed by atoms with Gasteiger partial charge in [-0.2, -0.15) is 0 Å². The number of esters is 1. The van der Waals surface area contributed by atoms with Crippen molar-refractivity contribution in [1.82, 2.24) is 0 Å². The van der Waals surface area contributed by atoms with Gasteiger partial charge in [0.25, 0.3) is 5.91 Å². The Balaban J connectivity index is 1.86. The van der Waals surface area contributed by atoms with Gasteiger partial charge in [0, 0.05) is 21.5 Å². The van der Waals surface area contributed by atoms with Crippen molar-refractivity contribution >= 4 is 45.0 Å². The average Bonchev–Trinajstić information content (AvgIpc) is 2.96. The molecule has 25 heavy (non-hydrogen) atoms. The molecule has 0 atom stereocenters. The van der Waals surface area contributed by atoms with Crippen LogP contribution in [0, 0.1) is 6.92 Å². The SMILES string of the molecule is Cc1ccc(/C=C/C(=O)OCC(=O)Nc2cccc(S(N)(=O)=O)c2)s1. The van der Waals surface area contributed by atoms with Crippen LogP contribution in [0.4, 0.5) is 5.69 Å². The molecule has 1 amide bonds. The second kappa shape index (κ2) is 8.06. The highest BCUT2D eigenvalue weighted by atomic mass is 32.2. The summed E-state index contributed by atoms with van der Waals surface area (Å²) in [7, 11) is -3.86. The third-order valence-corrected chi connectivity index (χ3v) is 4.81. The van der Waals surface area contributed by atoms with Gasteiger partial charge in [-0.15, -0.1) is 11.3 Å². The van der Waals surface area contributed by atoms with Crippen molar-refractivity contribution in [2.24, 2.45) is 5.14 Å². The lowest BCUT2D eigenvalue weighted by Gasteiger charge is -2.06. The maximum Gasteiger partial charge on any atom is 0.331 e. The van der Waals surface area contributed by atoms with Crippen LogP contribution in [-0.2, 0) is 24.3 Å². The normalized spacial score (nSPS) is 11.4. The number of carbonyl (C=O) groups excluding carboxylic acids is 2. The lowest BCUT2D eigenvalue weighted by molar-refractivity contribution is -0.142. The van der Waals surface area contributed by atoms with Crippen LogP contribution in [-0.4, -0.2) is 26.9 Å². The van der Waals surface area contributed by atoms with Crippen LogP contribution in [0.1, 0.15) is 9.75 Å². The number of rotatable bonds is 6. The molecule has 7 nitrogen and oxygen atoms in total. The Hall–Kier alpha value is -2.49. The van der Waals surface area contributed by atoms with Crippen LogP contribution in [0.25, 0.3) is 6.08 Å². The number of thiophene rings is 1. The van der Waals surface area contributed by atoms with E-state index in [2.05, 4.69) is 5.32 Å². The summed E-state index contributed by atoms with van der Waals surface area (Å²) in [6.45, 7) is 1.46. The summed E-state index contributed by atoms with van der Waals surface area (Å²) in [6, 6.07) is 9.25. The van der Waals surface area contributed by atoms with Crippen LogP contribution in [0.3, 0.4) is 0 Å². The first-order chi connectivity index (χ1) is 11.7. The van der Waals surface area contributed by atoms with E-state index in [4.69, 9.17) is 9.88 Å². The Morgan fingerprint density at radius 3 is 2.68 bits per heavy atom. The van der Waals surface area contributed by atoms with E-state index in [1.165, 1.54) is 41.7 Å². The summed E-state index contributed by atoms with van der Waals surface area (Å²) in [4.78, 5) is 25.2. The van der Waals surface area contributed by atoms with E-state index in [0.29, 0.717) is 0 Å². The molecule has 3 N–H and O–H groups in total. The van der Waals surface area contributed by atoms with Gasteiger partial charge >= 0.3 is 5.97 Å². The second-order valence-electron chi connectivity index (χ2n) is 5.01. The third kappa shape index (κ3) is 6.14. The number of nitrogens with two attached hydrogens (primary N) is 1. The predicted molar refractivity (Wildman–Crippen MR) is 95.5 cm³/mol. The van der Waals surface area contributed by atoms with Crippen molar-refractivity contribution in [1.29, 1.82) is 0 Å². The predicted octanol–water partition coefficient (Wildman–Crippen LogP) is 1.90. The molecular formula is C16H16N2O5S2. The van der Waals surface area contributed by atoms with Crippen molar-refractivity contribution in [2.75, 3.05) is 11.9 Å². The molecule has 1 aromatic carbocycles. The fourth-order valence-electron chi connectivity index (χ4n) is 1.83. The number of anilines is 1. The van der Waals surface area contributed by atoms with Crippen molar-refractivity contribution in [2.45, 2.75) is 11.8 Å². The number of nitrogens with one attached hydrogen (secondary N) is 1. The number of aryl methyl sites for hydroxylation is 1. The monoisotopic (exact) mass is 380 g/mol. The Morgan fingerprint density at radius 2 is 2.04 bits per heavy atom. The maximum absolute atomic E-state index is 11.8. The van der Waals surface area contributed by atoms with Gasteiger partial charge in [-0.3, -0.25) is 4.79 Å². The first-order valence-corrected chi connectivity index (χ1v) is 9.44. The Bertz CT molecular complexity index is 916. The third-order valence-electron chi connectivity index (χ3n) is 2.94. The Kier molecular flexibility index (Phi) is 6.07. The van der Waals surface area contributed by atoms with E-state index in [9.17, 15) is 18.0 Å². The minimum atomic E-state index is -3.86. The van der Waals surface area contributed by atoms with E-state index in [0.717, 1.165) is 9.75 Å². The van der Waals surface area contributed by atoms with Crippen LogP contribution in [0.15, 0.2) is 47.4 Å². The first-order valence-electron chi connectivity index (χ1n) is 7.08. The minimum Gasteiger partial charge on any atom is -0.452 e. The second-order valence-corrected chi connectivity index (χ2v) is 7.89. The van der Waals surface area contributed by atoms with Gasteiger partial charge in [0.1, 0.15) is 0 Å². The molecule has 0 spiro atoms. The molecule has 1 aromatic heterocycles. The van der Waals surface area contributed by atoms with Gasteiger partial charge in [0.15, 0.2) is 6.61 Å². The summed E-state index contributed by atoms with van der Waals surface area (Å²) in [5.74, 6) is -1.25. The number of ether oxygens (including phenoxy) is 1. The topological polar surface area (TPSA) is 116 Å². The highest BCUT2D eigenvalue weighted by molar-refractivity contribution is 7.89. The molecule has 0 unspecified atom stereocenters. The molecular weight excluding hydrogens is 364 g/mol. The quantitative estimate of drug-likeness (QED) is 0.586. The molecule has 9 heteroatoms. The van der Waals surface area contributed by atoms with Gasteiger partial charge in [-0.1, -0.05) is 6.07 Å². The molecule has 0 saturated heterocycles. The average molecular weight is 380 g/mol. The standard InChI is InChI=1S/C16H16N2O5S2/c1-11-5-6-13(24-11)7-8-16(20)23-10-15(19)18-12-3-2-4-14(9-12)25(17,21)22/h2-9H,10H2,1H3,(H,18,19)(H2,17,21,22)/b8-7+. The highest BCUT2D eigenvalue weighted by Crippen LogP contribution is 2.16. The van der Waals surface area contributed by atoms with Crippen molar-refractivity contribution in [3.63, 3.8) is 0 Å². The zero-order chi connectivity index (χ0) is 18.4. The summed E-state index contributed by atoms with van der Waals surface area (Å²) in [6.07, 6.45) is 2.84. The molecule has 0 saturated carbocycles. The number of benzene rings is 1. The van der Waals surface area contributed by atoms with Gasteiger partial charge < -0.3 is 10.1 Å². The lowest BCUT2D eigenvalue weighted by Crippen LogP contribution is -2.20. The minimum absolute atomic E-state index is 0.128. The maximum atomic E-state index is 11.8. The molecule has 0 radical (unpaired) electrons. The van der Waals surface area contributed by atoms with Crippen LogP contribution in [0.5, 0.6) is 0 Å². The van der Waals surface area contributed by atoms with Crippen LogP contribution in [0.2, 0.25) is 0 Å². The number of hydrogen-bond acceptors (Lipinski definition) is 6. The Morgan fingerprint density at radius 1 is 1.28 bits per heavy atom. The Labute approximate surface area is 149 Å². The molecule has 1 heterocycles. The molecule has 2 aromatic rings. The molecule has 132 valence electrons. The van der Waals surface area contributed by atoms with Crippen molar-refractivity contribution in [3.8, 4) is 0 Å². The van der Waals surface area contributed by atoms with Crippen molar-refractivity contribution < 1.29 is 22.7 Å². The molecule has 2 rings (SSSR count). The zero-order valence-electron chi connectivity index (χ0n) is 13.3. The number of sulfonamides is 1. The fourth-order valence-corrected chi connectivity index (χ4v) is 3.17. The molecule has 0 aliphatic heterocycles. The number of hydrogen-bond donors (Lipinski definition) is 2. The lowest BCUT2D eigenvalue weighted by atomic mass is 10.3. The molecule has 0 aliphatic carbocycles. The van der Waals surface area contributed by atoms with Gasteiger partial charge in [-0.25, -0.2) is 18.4 Å². The summed E-state index contributed by atoms with van der Waals surface area (Å²) in [5, 5.41) is 7.45. The molecule has 0 bridgehead atoms. The van der Waals surface area contributed by atoms with E-state index in [-0.39, 0.29) is 10.6 Å². The molecule has 0 fully saturated rings. The highest BCUT2D eigenvalue weighted by Gasteiger charge is 2.10. The van der Waals surface area contributed by atoms with Gasteiger partial charge in [0.05, 0.1) is 4.90 Å². The summed E-state index contributed by atoms with van der Waals surface area (Å²) < 4.78 is 27.4. The zero-order valence-corrected chi connectivity index (χ0v) is 14.9. The number of amides is 1. The van der Waals surface area contributed by atoms with Gasteiger partial charge in [0.2, 0.25) is 10.0 Å². The van der Waals surface area contributed by atoms with E-state index in [1.807, 2.05) is 19.1 Å². The number of carbonyl (C=O) groups is 2. The summed E-state index contributed by atoms with van der Waals surface area (Å²) in [5.41, 5.74) is 0.233. The number of primary sulfonamides is 1. The van der Waals surface area contributed by atoms with Crippen LogP contribution < -0.4 is 10.5 Å². The van der Waals surface area contributed by atoms with E-state index in [1.54, 1.807) is 6.08 Å². The van der Waals surface area contributed by atoms with E-state index < -0.39 is 28.5 Å². The van der Waals surface area contributed by atoms with Crippen molar-refractivity contribution in [3.05, 3.63) is 52.2 Å². The van der Waals surface area contributed by atoms with E-state index >= 15 is 0 Å².